The zero-order valence-electron chi connectivity index (χ0n) is 9.65. The van der Waals surface area contributed by atoms with E-state index in [1.54, 1.807) is 12.1 Å². The molecule has 0 spiro atoms. The fourth-order valence-electron chi connectivity index (χ4n) is 1.97. The van der Waals surface area contributed by atoms with Crippen molar-refractivity contribution in [1.29, 1.82) is 0 Å². The Morgan fingerprint density at radius 3 is 3.00 bits per heavy atom. The first-order chi connectivity index (χ1) is 8.19. The average molecular weight is 256 g/mol. The third-order valence-electron chi connectivity index (χ3n) is 2.73. The second-order valence-corrected chi connectivity index (χ2v) is 4.34. The molecule has 0 radical (unpaired) electrons. The maximum Gasteiger partial charge on any atom is 0.495 e. The van der Waals surface area contributed by atoms with Crippen molar-refractivity contribution in [2.75, 3.05) is 13.2 Å². The minimum Gasteiger partial charge on any atom is -0.494 e. The highest BCUT2D eigenvalue weighted by Crippen LogP contribution is 2.32. The molecule has 0 saturated carbocycles. The van der Waals surface area contributed by atoms with Crippen LogP contribution in [0.25, 0.3) is 0 Å². The Balaban J connectivity index is 2.42. The third kappa shape index (κ3) is 2.28. The predicted molar refractivity (Wildman–Crippen MR) is 67.7 cm³/mol. The Hall–Kier alpha value is -0.745. The van der Waals surface area contributed by atoms with Crippen LogP contribution in [0.4, 0.5) is 0 Å². The molecular weight excluding hydrogens is 240 g/mol. The molecule has 0 amide bonds. The highest BCUT2D eigenvalue weighted by atomic mass is 35.5. The smallest absolute Gasteiger partial charge is 0.494 e. The standard InChI is InChI=1S/C11H15BClNO3/c1-2-5-16-8-4-3-7(13)10-9(6-14)17-12(15)11(8)10/h3-4,9,15H,2,5-6,14H2,1H3/t9-/m1/s1. The van der Waals surface area contributed by atoms with Crippen molar-refractivity contribution in [2.24, 2.45) is 5.73 Å². The molecule has 0 unspecified atom stereocenters. The van der Waals surface area contributed by atoms with Gasteiger partial charge in [-0.2, -0.15) is 0 Å². The molecule has 0 aromatic heterocycles. The fraction of sp³-hybridized carbons (Fsp3) is 0.455. The lowest BCUT2D eigenvalue weighted by Crippen LogP contribution is -2.30. The van der Waals surface area contributed by atoms with Gasteiger partial charge in [-0.25, -0.2) is 0 Å². The molecule has 2 rings (SSSR count). The van der Waals surface area contributed by atoms with E-state index in [0.717, 1.165) is 12.0 Å². The van der Waals surface area contributed by atoms with E-state index in [2.05, 4.69) is 0 Å². The first-order valence-electron chi connectivity index (χ1n) is 5.67. The van der Waals surface area contributed by atoms with Crippen LogP contribution in [-0.4, -0.2) is 25.3 Å². The highest BCUT2D eigenvalue weighted by molar-refractivity contribution is 6.63. The summed E-state index contributed by atoms with van der Waals surface area (Å²) in [5.41, 5.74) is 6.95. The number of rotatable bonds is 4. The van der Waals surface area contributed by atoms with Crippen molar-refractivity contribution in [3.8, 4) is 5.75 Å². The largest absolute Gasteiger partial charge is 0.495 e. The monoisotopic (exact) mass is 255 g/mol. The van der Waals surface area contributed by atoms with Gasteiger partial charge in [0.25, 0.3) is 0 Å². The van der Waals surface area contributed by atoms with Gasteiger partial charge in [-0.3, -0.25) is 0 Å². The van der Waals surface area contributed by atoms with Gasteiger partial charge in [0, 0.05) is 22.6 Å². The molecule has 1 aromatic rings. The lowest BCUT2D eigenvalue weighted by Gasteiger charge is -2.12. The summed E-state index contributed by atoms with van der Waals surface area (Å²) in [6.07, 6.45) is 0.534. The molecule has 1 aromatic carbocycles. The summed E-state index contributed by atoms with van der Waals surface area (Å²) >= 11 is 6.11. The molecule has 0 saturated heterocycles. The lowest BCUT2D eigenvalue weighted by atomic mass is 9.78. The van der Waals surface area contributed by atoms with Crippen molar-refractivity contribution >= 4 is 24.2 Å². The average Bonchev–Trinajstić information content (AvgIpc) is 2.67. The van der Waals surface area contributed by atoms with Crippen molar-refractivity contribution in [3.05, 3.63) is 22.7 Å². The zero-order valence-corrected chi connectivity index (χ0v) is 10.4. The molecule has 0 fully saturated rings. The van der Waals surface area contributed by atoms with Gasteiger partial charge < -0.3 is 20.1 Å². The third-order valence-corrected chi connectivity index (χ3v) is 3.06. The molecule has 92 valence electrons. The van der Waals surface area contributed by atoms with E-state index in [1.807, 2.05) is 6.92 Å². The van der Waals surface area contributed by atoms with Crippen molar-refractivity contribution in [1.82, 2.24) is 0 Å². The summed E-state index contributed by atoms with van der Waals surface area (Å²) in [5.74, 6) is 0.620. The van der Waals surface area contributed by atoms with Gasteiger partial charge in [-0.15, -0.1) is 0 Å². The number of ether oxygens (including phenoxy) is 1. The second-order valence-electron chi connectivity index (χ2n) is 3.93. The van der Waals surface area contributed by atoms with Gasteiger partial charge in [0.2, 0.25) is 0 Å². The van der Waals surface area contributed by atoms with E-state index in [1.165, 1.54) is 0 Å². The molecule has 0 bridgehead atoms. The Morgan fingerprint density at radius 2 is 2.35 bits per heavy atom. The van der Waals surface area contributed by atoms with E-state index < -0.39 is 7.12 Å². The Bertz CT molecular complexity index is 416. The number of halogens is 1. The molecule has 0 aliphatic carbocycles. The van der Waals surface area contributed by atoms with Gasteiger partial charge in [0.1, 0.15) is 5.75 Å². The maximum absolute atomic E-state index is 9.87. The molecule has 1 heterocycles. The van der Waals surface area contributed by atoms with Gasteiger partial charge >= 0.3 is 7.12 Å². The van der Waals surface area contributed by atoms with Crippen LogP contribution in [0.5, 0.6) is 5.75 Å². The van der Waals surface area contributed by atoms with Gasteiger partial charge in [0.05, 0.1) is 12.7 Å². The first kappa shape index (κ1) is 12.7. The number of fused-ring (bicyclic) bond motifs is 1. The fourth-order valence-corrected chi connectivity index (χ4v) is 2.26. The quantitative estimate of drug-likeness (QED) is 0.783. The maximum atomic E-state index is 9.87. The predicted octanol–water partition coefficient (Wildman–Crippen LogP) is 0.846. The molecule has 17 heavy (non-hydrogen) atoms. The van der Waals surface area contributed by atoms with Crippen LogP contribution < -0.4 is 15.9 Å². The van der Waals surface area contributed by atoms with E-state index in [4.69, 9.17) is 26.7 Å². The van der Waals surface area contributed by atoms with E-state index in [9.17, 15) is 5.02 Å². The molecule has 6 heteroatoms. The van der Waals surface area contributed by atoms with Crippen LogP contribution in [0.3, 0.4) is 0 Å². The minimum atomic E-state index is -1.01. The minimum absolute atomic E-state index is 0.279. The van der Waals surface area contributed by atoms with Gasteiger partial charge in [0.15, 0.2) is 0 Å². The normalized spacial score (nSPS) is 18.4. The van der Waals surface area contributed by atoms with Crippen LogP contribution in [0, 0.1) is 0 Å². The summed E-state index contributed by atoms with van der Waals surface area (Å²) in [7, 11) is -1.01. The summed E-state index contributed by atoms with van der Waals surface area (Å²) in [4.78, 5) is 0. The highest BCUT2D eigenvalue weighted by Gasteiger charge is 2.38. The molecule has 3 N–H and O–H groups in total. The summed E-state index contributed by atoms with van der Waals surface area (Å²) in [6.45, 7) is 2.89. The van der Waals surface area contributed by atoms with E-state index in [-0.39, 0.29) is 12.6 Å². The SMILES string of the molecule is CCCOc1ccc(Cl)c2c1B(O)O[C@@H]2CN. The zero-order chi connectivity index (χ0) is 12.4. The lowest BCUT2D eigenvalue weighted by molar-refractivity contribution is 0.198. The molecule has 4 nitrogen and oxygen atoms in total. The van der Waals surface area contributed by atoms with Crippen LogP contribution in [0.2, 0.25) is 5.02 Å². The summed E-state index contributed by atoms with van der Waals surface area (Å²) in [6, 6.07) is 3.50. The van der Waals surface area contributed by atoms with Crippen LogP contribution in [0.15, 0.2) is 12.1 Å². The molecule has 1 aliphatic heterocycles. The topological polar surface area (TPSA) is 64.7 Å². The Labute approximate surface area is 106 Å². The molecule has 1 atom stereocenters. The van der Waals surface area contributed by atoms with E-state index in [0.29, 0.717) is 22.8 Å². The number of hydrogen-bond donors (Lipinski definition) is 2. The molecular formula is C11H15BClNO3. The Morgan fingerprint density at radius 1 is 1.59 bits per heavy atom. The van der Waals surface area contributed by atoms with Crippen molar-refractivity contribution in [3.63, 3.8) is 0 Å². The molecule has 1 aliphatic rings. The summed E-state index contributed by atoms with van der Waals surface area (Å²) in [5, 5.41) is 10.4. The van der Waals surface area contributed by atoms with Gasteiger partial charge in [-0.1, -0.05) is 18.5 Å². The summed E-state index contributed by atoms with van der Waals surface area (Å²) < 4.78 is 10.9. The number of hydrogen-bond acceptors (Lipinski definition) is 4. The first-order valence-corrected chi connectivity index (χ1v) is 6.05. The number of nitrogens with two attached hydrogens (primary N) is 1. The van der Waals surface area contributed by atoms with Crippen molar-refractivity contribution in [2.45, 2.75) is 19.4 Å². The van der Waals surface area contributed by atoms with Gasteiger partial charge in [-0.05, 0) is 18.6 Å². The van der Waals surface area contributed by atoms with Crippen molar-refractivity contribution < 1.29 is 14.4 Å². The van der Waals surface area contributed by atoms with Crippen LogP contribution >= 0.6 is 11.6 Å². The van der Waals surface area contributed by atoms with Crippen LogP contribution in [-0.2, 0) is 4.65 Å². The Kier molecular flexibility index (Phi) is 3.94. The van der Waals surface area contributed by atoms with E-state index >= 15 is 0 Å². The van der Waals surface area contributed by atoms with Crippen LogP contribution in [0.1, 0.15) is 25.0 Å². The number of benzene rings is 1. The second kappa shape index (κ2) is 5.27.